The van der Waals surface area contributed by atoms with Crippen LogP contribution in [-0.4, -0.2) is 34.0 Å². The molecule has 4 rings (SSSR count). The molecule has 0 radical (unpaired) electrons. The second kappa shape index (κ2) is 15.2. The van der Waals surface area contributed by atoms with Crippen molar-refractivity contribution in [3.63, 3.8) is 0 Å². The highest BCUT2D eigenvalue weighted by Gasteiger charge is 2.29. The lowest BCUT2D eigenvalue weighted by molar-refractivity contribution is -0.115. The number of carboxylic acids is 1. The quantitative estimate of drug-likeness (QED) is 0.0721. The van der Waals surface area contributed by atoms with Crippen molar-refractivity contribution in [3.8, 4) is 6.07 Å². The average molecular weight is 736 g/mol. The topological polar surface area (TPSA) is 148 Å². The third-order valence-electron chi connectivity index (χ3n) is 6.47. The second-order valence-electron chi connectivity index (χ2n) is 9.49. The van der Waals surface area contributed by atoms with Crippen molar-refractivity contribution in [2.24, 2.45) is 0 Å². The van der Waals surface area contributed by atoms with Gasteiger partial charge < -0.3 is 21.1 Å². The zero-order valence-electron chi connectivity index (χ0n) is 23.8. The minimum absolute atomic E-state index is 0.197. The first-order valence-electron chi connectivity index (χ1n) is 13.3. The Labute approximate surface area is 291 Å². The number of hydrogen-bond acceptors (Lipinski definition) is 7. The smallest absolute Gasteiger partial charge is 0.338 e. The summed E-state index contributed by atoms with van der Waals surface area (Å²) in [5.74, 6) is -3.20. The van der Waals surface area contributed by atoms with Gasteiger partial charge in [0, 0.05) is 16.3 Å². The summed E-state index contributed by atoms with van der Waals surface area (Å²) < 4.78 is 0. The van der Waals surface area contributed by atoms with Gasteiger partial charge in [0.05, 0.1) is 46.9 Å². The number of nitrogens with zero attached hydrogens (tertiary/aromatic N) is 1. The number of carbonyl (C=O) groups is 4. The van der Waals surface area contributed by atoms with E-state index in [1.807, 2.05) is 13.0 Å². The molecule has 0 saturated heterocycles. The van der Waals surface area contributed by atoms with E-state index in [0.29, 0.717) is 27.4 Å². The molecule has 46 heavy (non-hydrogen) atoms. The van der Waals surface area contributed by atoms with E-state index in [2.05, 4.69) is 22.0 Å². The fraction of sp³-hybridized carbons (Fsp3) is 0.129. The number of benzene rings is 3. The summed E-state index contributed by atoms with van der Waals surface area (Å²) in [6.07, 6.45) is 0.403. The minimum atomic E-state index is -1.53. The number of carboxylic acid groups (broad SMARTS) is 1. The molecule has 1 aromatic heterocycles. The number of hydrogen-bond donors (Lipinski definition) is 4. The van der Waals surface area contributed by atoms with Crippen molar-refractivity contribution < 1.29 is 24.3 Å². The van der Waals surface area contributed by atoms with Gasteiger partial charge in [-0.05, 0) is 49.2 Å². The number of thiophene rings is 1. The first-order valence-corrected chi connectivity index (χ1v) is 16.5. The van der Waals surface area contributed by atoms with Crippen LogP contribution in [0.5, 0.6) is 0 Å². The van der Waals surface area contributed by atoms with Crippen molar-refractivity contribution in [3.05, 3.63) is 102 Å². The molecule has 0 aliphatic rings. The first kappa shape index (κ1) is 35.1. The molecule has 3 aromatic carbocycles. The number of para-hydroxylation sites is 1. The van der Waals surface area contributed by atoms with Crippen molar-refractivity contribution in [1.29, 1.82) is 5.26 Å². The maximum absolute atomic E-state index is 13.4. The Kier molecular flexibility index (Phi) is 11.6. The van der Waals surface area contributed by atoms with Crippen molar-refractivity contribution in [2.75, 3.05) is 16.0 Å². The Morgan fingerprint density at radius 1 is 0.870 bits per heavy atom. The summed E-state index contributed by atoms with van der Waals surface area (Å²) in [5, 5.41) is 25.9. The largest absolute Gasteiger partial charge is 0.478 e. The Balaban J connectivity index is 1.51. The van der Waals surface area contributed by atoms with Gasteiger partial charge in [-0.25, -0.2) is 4.79 Å². The van der Waals surface area contributed by atoms with Crippen LogP contribution < -0.4 is 16.0 Å². The predicted octanol–water partition coefficient (Wildman–Crippen LogP) is 9.25. The first-order chi connectivity index (χ1) is 21.9. The average Bonchev–Trinajstić information content (AvgIpc) is 3.34. The lowest BCUT2D eigenvalue weighted by Crippen LogP contribution is -2.24. The van der Waals surface area contributed by atoms with Gasteiger partial charge in [-0.15, -0.1) is 23.1 Å². The van der Waals surface area contributed by atoms with Crippen LogP contribution in [0.3, 0.4) is 0 Å². The number of carbonyl (C=O) groups excluding carboxylic acids is 3. The summed E-state index contributed by atoms with van der Waals surface area (Å²) in [6.45, 7) is 3.46. The summed E-state index contributed by atoms with van der Waals surface area (Å²) >= 11 is 26.5. The van der Waals surface area contributed by atoms with Crippen LogP contribution in [0.4, 0.5) is 16.4 Å². The molecular formula is C31H22Cl4N4O5S2. The van der Waals surface area contributed by atoms with Crippen LogP contribution in [0.15, 0.2) is 59.5 Å². The molecule has 0 bridgehead atoms. The van der Waals surface area contributed by atoms with Gasteiger partial charge in [0.25, 0.3) is 11.8 Å². The summed E-state index contributed by atoms with van der Waals surface area (Å²) in [7, 11) is 0. The fourth-order valence-electron chi connectivity index (χ4n) is 4.23. The van der Waals surface area contributed by atoms with Crippen LogP contribution >= 0.6 is 69.5 Å². The number of nitriles is 1. The van der Waals surface area contributed by atoms with Crippen LogP contribution in [0.25, 0.3) is 0 Å². The minimum Gasteiger partial charge on any atom is -0.478 e. The second-order valence-corrected chi connectivity index (χ2v) is 13.3. The zero-order valence-corrected chi connectivity index (χ0v) is 28.5. The Morgan fingerprint density at radius 2 is 1.48 bits per heavy atom. The predicted molar refractivity (Wildman–Crippen MR) is 185 cm³/mol. The summed E-state index contributed by atoms with van der Waals surface area (Å²) in [5.41, 5.74) is 0.450. The molecule has 1 atom stereocenters. The van der Waals surface area contributed by atoms with Gasteiger partial charge in [0.15, 0.2) is 0 Å². The molecule has 0 aliphatic heterocycles. The highest BCUT2D eigenvalue weighted by Crippen LogP contribution is 2.42. The van der Waals surface area contributed by atoms with E-state index in [1.165, 1.54) is 11.8 Å². The maximum atomic E-state index is 13.4. The van der Waals surface area contributed by atoms with Gasteiger partial charge in [0.2, 0.25) is 5.91 Å². The molecule has 4 N–H and O–H groups in total. The third-order valence-corrected chi connectivity index (χ3v) is 10.8. The Bertz CT molecular complexity index is 1910. The molecule has 0 fully saturated rings. The molecule has 15 heteroatoms. The number of thioether (sulfide) groups is 1. The number of nitrogens with one attached hydrogen (secondary N) is 3. The number of halogens is 4. The molecule has 9 nitrogen and oxygen atoms in total. The van der Waals surface area contributed by atoms with Gasteiger partial charge in [-0.1, -0.05) is 77.6 Å². The number of amides is 3. The molecule has 1 heterocycles. The molecule has 236 valence electrons. The monoisotopic (exact) mass is 734 g/mol. The van der Waals surface area contributed by atoms with Crippen LogP contribution in [-0.2, 0) is 4.79 Å². The lowest BCUT2D eigenvalue weighted by atomic mass is 10.1. The Hall–Kier alpha value is -3.76. The van der Waals surface area contributed by atoms with E-state index < -0.39 is 45.1 Å². The third kappa shape index (κ3) is 7.61. The highest BCUT2D eigenvalue weighted by molar-refractivity contribution is 8.00. The number of rotatable bonds is 10. The number of aromatic carboxylic acids is 1. The van der Waals surface area contributed by atoms with Crippen LogP contribution in [0.1, 0.15) is 54.9 Å². The molecule has 0 spiro atoms. The van der Waals surface area contributed by atoms with Crippen LogP contribution in [0.2, 0.25) is 20.1 Å². The highest BCUT2D eigenvalue weighted by atomic mass is 35.5. The van der Waals surface area contributed by atoms with Crippen molar-refractivity contribution in [2.45, 2.75) is 30.4 Å². The van der Waals surface area contributed by atoms with E-state index in [-0.39, 0.29) is 31.3 Å². The van der Waals surface area contributed by atoms with E-state index in [9.17, 15) is 29.5 Å². The molecule has 0 aliphatic carbocycles. The van der Waals surface area contributed by atoms with Gasteiger partial charge in [0.1, 0.15) is 11.1 Å². The molecule has 4 aromatic rings. The van der Waals surface area contributed by atoms with E-state index in [1.54, 1.807) is 55.5 Å². The molecule has 1 unspecified atom stereocenters. The lowest BCUT2D eigenvalue weighted by Gasteiger charge is -2.16. The maximum Gasteiger partial charge on any atom is 0.338 e. The molecule has 0 saturated carbocycles. The standard InChI is InChI=1S/C31H22Cl4N4O5S2/c1-3-19(27(40)39-30-18(13-36)14(2)26(46-30)29(42)37-15-8-5-4-6-9-15)45-17-11-7-10-16(12-17)38-28(41)20-21(31(43)44)23(33)25(35)24(34)22(20)32/h4-12,19H,3H2,1-2H3,(H,37,42)(H,38,41)(H,39,40)(H,43,44). The van der Waals surface area contributed by atoms with Crippen LogP contribution in [0, 0.1) is 18.3 Å². The van der Waals surface area contributed by atoms with Gasteiger partial charge in [-0.3, -0.25) is 14.4 Å². The van der Waals surface area contributed by atoms with E-state index >= 15 is 0 Å². The molecular weight excluding hydrogens is 714 g/mol. The van der Waals surface area contributed by atoms with E-state index in [0.717, 1.165) is 11.3 Å². The summed E-state index contributed by atoms with van der Waals surface area (Å²) in [4.78, 5) is 52.3. The SMILES string of the molecule is CCC(Sc1cccc(NC(=O)c2c(Cl)c(Cl)c(Cl)c(Cl)c2C(=O)O)c1)C(=O)Nc1sc(C(=O)Nc2ccccc2)c(C)c1C#N. The normalized spacial score (nSPS) is 11.3. The fourth-order valence-corrected chi connectivity index (χ4v) is 7.32. The summed E-state index contributed by atoms with van der Waals surface area (Å²) in [6, 6.07) is 17.5. The van der Waals surface area contributed by atoms with Gasteiger partial charge >= 0.3 is 5.97 Å². The molecule has 3 amide bonds. The van der Waals surface area contributed by atoms with Crippen molar-refractivity contribution in [1.82, 2.24) is 0 Å². The zero-order chi connectivity index (χ0) is 33.7. The Morgan fingerprint density at radius 3 is 2.09 bits per heavy atom. The number of anilines is 3. The van der Waals surface area contributed by atoms with Gasteiger partial charge in [-0.2, -0.15) is 5.26 Å². The van der Waals surface area contributed by atoms with E-state index in [4.69, 9.17) is 46.4 Å². The van der Waals surface area contributed by atoms with Crippen molar-refractivity contribution >= 4 is 110 Å².